The van der Waals surface area contributed by atoms with E-state index in [9.17, 15) is 22.7 Å². The zero-order valence-electron chi connectivity index (χ0n) is 14.3. The second-order valence-electron chi connectivity index (χ2n) is 6.12. The normalized spacial score (nSPS) is 19.2. The Morgan fingerprint density at radius 3 is 2.63 bits per heavy atom. The number of rotatable bonds is 6. The Hall–Kier alpha value is -2.56. The summed E-state index contributed by atoms with van der Waals surface area (Å²) in [6.45, 7) is 0. The maximum atomic E-state index is 12.9. The van der Waals surface area contributed by atoms with Gasteiger partial charge < -0.3 is 15.2 Å². The van der Waals surface area contributed by atoms with Crippen molar-refractivity contribution < 1.29 is 27.4 Å². The van der Waals surface area contributed by atoms with Gasteiger partial charge in [0.15, 0.2) is 0 Å². The van der Waals surface area contributed by atoms with E-state index in [1.165, 1.54) is 31.4 Å². The zero-order valence-corrected chi connectivity index (χ0v) is 15.2. The van der Waals surface area contributed by atoms with Crippen molar-refractivity contribution in [1.82, 2.24) is 9.71 Å². The van der Waals surface area contributed by atoms with Crippen LogP contribution in [0.15, 0.2) is 41.4 Å². The molecule has 0 saturated heterocycles. The average molecular weight is 395 g/mol. The van der Waals surface area contributed by atoms with E-state index < -0.39 is 27.9 Å². The second-order valence-corrected chi connectivity index (χ2v) is 7.84. The van der Waals surface area contributed by atoms with Crippen LogP contribution in [-0.2, 0) is 10.0 Å². The first-order chi connectivity index (χ1) is 12.8. The Balaban J connectivity index is 1.84. The number of halogens is 1. The molecule has 144 valence electrons. The van der Waals surface area contributed by atoms with E-state index in [2.05, 4.69) is 15.0 Å². The SMILES string of the molecule is COc1ccc(S(=O)(=O)N[C@H]2C[C@@H](O)C2)cc1C(=O)Nc1ccc(F)cn1. The van der Waals surface area contributed by atoms with E-state index in [1.807, 2.05) is 0 Å². The van der Waals surface area contributed by atoms with Gasteiger partial charge in [0.25, 0.3) is 5.91 Å². The first-order valence-corrected chi connectivity index (χ1v) is 9.58. The van der Waals surface area contributed by atoms with Crippen molar-refractivity contribution >= 4 is 21.7 Å². The molecule has 1 saturated carbocycles. The molecule has 1 amide bonds. The smallest absolute Gasteiger partial charge is 0.260 e. The van der Waals surface area contributed by atoms with Gasteiger partial charge >= 0.3 is 0 Å². The van der Waals surface area contributed by atoms with Crippen LogP contribution in [0, 0.1) is 5.82 Å². The van der Waals surface area contributed by atoms with Gasteiger partial charge in [-0.15, -0.1) is 0 Å². The summed E-state index contributed by atoms with van der Waals surface area (Å²) in [5.41, 5.74) is -0.0138. The number of sulfonamides is 1. The van der Waals surface area contributed by atoms with Crippen LogP contribution in [0.2, 0.25) is 0 Å². The third-order valence-electron chi connectivity index (χ3n) is 4.13. The highest BCUT2D eigenvalue weighted by Crippen LogP contribution is 2.26. The maximum Gasteiger partial charge on any atom is 0.260 e. The monoisotopic (exact) mass is 395 g/mol. The van der Waals surface area contributed by atoms with Crippen LogP contribution in [0.1, 0.15) is 23.2 Å². The summed E-state index contributed by atoms with van der Waals surface area (Å²) in [6, 6.07) is 5.96. The molecule has 0 aliphatic heterocycles. The molecule has 1 aliphatic rings. The number of nitrogens with zero attached hydrogens (tertiary/aromatic N) is 1. The number of methoxy groups -OCH3 is 1. The van der Waals surface area contributed by atoms with Crippen molar-refractivity contribution in [3.8, 4) is 5.75 Å². The molecule has 1 heterocycles. The number of aromatic nitrogens is 1. The number of hydrogen-bond donors (Lipinski definition) is 3. The molecule has 0 spiro atoms. The minimum absolute atomic E-state index is 0.0138. The van der Waals surface area contributed by atoms with E-state index in [1.54, 1.807) is 0 Å². The van der Waals surface area contributed by atoms with Crippen LogP contribution in [0.3, 0.4) is 0 Å². The van der Waals surface area contributed by atoms with E-state index in [0.29, 0.717) is 12.8 Å². The minimum Gasteiger partial charge on any atom is -0.496 e. The number of pyridine rings is 1. The Morgan fingerprint density at radius 2 is 2.04 bits per heavy atom. The third kappa shape index (κ3) is 4.41. The quantitative estimate of drug-likeness (QED) is 0.678. The van der Waals surface area contributed by atoms with Crippen LogP contribution in [0.4, 0.5) is 10.2 Å². The number of aliphatic hydroxyl groups excluding tert-OH is 1. The van der Waals surface area contributed by atoms with Gasteiger partial charge in [0.05, 0.1) is 29.9 Å². The molecule has 1 aromatic heterocycles. The number of benzene rings is 1. The van der Waals surface area contributed by atoms with Gasteiger partial charge in [0.1, 0.15) is 17.4 Å². The number of aliphatic hydroxyl groups is 1. The minimum atomic E-state index is -3.87. The van der Waals surface area contributed by atoms with Crippen molar-refractivity contribution in [3.63, 3.8) is 0 Å². The molecule has 1 fully saturated rings. The summed E-state index contributed by atoms with van der Waals surface area (Å²) in [5.74, 6) is -0.918. The van der Waals surface area contributed by atoms with E-state index in [0.717, 1.165) is 12.3 Å². The third-order valence-corrected chi connectivity index (χ3v) is 5.65. The lowest BCUT2D eigenvalue weighted by molar-refractivity contribution is 0.0712. The summed E-state index contributed by atoms with van der Waals surface area (Å²) < 4.78 is 45.5. The van der Waals surface area contributed by atoms with Gasteiger partial charge in [-0.2, -0.15) is 0 Å². The second kappa shape index (κ2) is 7.59. The van der Waals surface area contributed by atoms with Crippen LogP contribution in [0.25, 0.3) is 0 Å². The van der Waals surface area contributed by atoms with Crippen LogP contribution >= 0.6 is 0 Å². The van der Waals surface area contributed by atoms with Crippen molar-refractivity contribution in [2.75, 3.05) is 12.4 Å². The molecule has 0 atom stereocenters. The highest BCUT2D eigenvalue weighted by Gasteiger charge is 2.31. The first kappa shape index (κ1) is 19.2. The van der Waals surface area contributed by atoms with Crippen molar-refractivity contribution in [3.05, 3.63) is 47.9 Å². The number of anilines is 1. The van der Waals surface area contributed by atoms with Crippen molar-refractivity contribution in [2.24, 2.45) is 0 Å². The van der Waals surface area contributed by atoms with E-state index in [4.69, 9.17) is 4.74 Å². The molecule has 3 N–H and O–H groups in total. The Morgan fingerprint density at radius 1 is 1.30 bits per heavy atom. The number of amides is 1. The highest BCUT2D eigenvalue weighted by atomic mass is 32.2. The molecule has 0 bridgehead atoms. The Bertz CT molecular complexity index is 944. The summed E-state index contributed by atoms with van der Waals surface area (Å²) in [4.78, 5) is 16.1. The van der Waals surface area contributed by atoms with Crippen LogP contribution < -0.4 is 14.8 Å². The fourth-order valence-corrected chi connectivity index (χ4v) is 3.92. The molecular formula is C17H18FN3O5S. The summed E-state index contributed by atoms with van der Waals surface area (Å²) in [5, 5.41) is 11.8. The number of nitrogens with one attached hydrogen (secondary N) is 2. The highest BCUT2D eigenvalue weighted by molar-refractivity contribution is 7.89. The lowest BCUT2D eigenvalue weighted by Crippen LogP contribution is -2.46. The van der Waals surface area contributed by atoms with Gasteiger partial charge in [0, 0.05) is 6.04 Å². The molecule has 1 aliphatic carbocycles. The molecule has 10 heteroatoms. The molecule has 1 aromatic carbocycles. The van der Waals surface area contributed by atoms with Gasteiger partial charge in [0.2, 0.25) is 10.0 Å². The molecule has 0 unspecified atom stereocenters. The summed E-state index contributed by atoms with van der Waals surface area (Å²) in [6.07, 6.45) is 1.14. The van der Waals surface area contributed by atoms with Crippen molar-refractivity contribution in [2.45, 2.75) is 29.9 Å². The number of carbonyl (C=O) groups excluding carboxylic acids is 1. The summed E-state index contributed by atoms with van der Waals surface area (Å²) in [7, 11) is -2.51. The fourth-order valence-electron chi connectivity index (χ4n) is 2.64. The van der Waals surface area contributed by atoms with E-state index >= 15 is 0 Å². The van der Waals surface area contributed by atoms with E-state index in [-0.39, 0.29) is 28.1 Å². The topological polar surface area (TPSA) is 118 Å². The van der Waals surface area contributed by atoms with Gasteiger partial charge in [-0.3, -0.25) is 4.79 Å². The maximum absolute atomic E-state index is 12.9. The molecule has 0 radical (unpaired) electrons. The first-order valence-electron chi connectivity index (χ1n) is 8.10. The lowest BCUT2D eigenvalue weighted by atomic mass is 9.91. The Kier molecular flexibility index (Phi) is 5.40. The average Bonchev–Trinajstić information content (AvgIpc) is 2.61. The van der Waals surface area contributed by atoms with Gasteiger partial charge in [-0.1, -0.05) is 0 Å². The van der Waals surface area contributed by atoms with Crippen molar-refractivity contribution in [1.29, 1.82) is 0 Å². The van der Waals surface area contributed by atoms with Crippen LogP contribution in [-0.4, -0.2) is 43.7 Å². The number of carbonyl (C=O) groups is 1. The summed E-state index contributed by atoms with van der Waals surface area (Å²) >= 11 is 0. The number of hydrogen-bond acceptors (Lipinski definition) is 6. The van der Waals surface area contributed by atoms with Crippen LogP contribution in [0.5, 0.6) is 5.75 Å². The predicted molar refractivity (Wildman–Crippen MR) is 94.5 cm³/mol. The number of ether oxygens (including phenoxy) is 1. The Labute approximate surface area is 155 Å². The predicted octanol–water partition coefficient (Wildman–Crippen LogP) is 1.28. The fraction of sp³-hybridized carbons (Fsp3) is 0.294. The van der Waals surface area contributed by atoms with Gasteiger partial charge in [-0.05, 0) is 43.2 Å². The largest absolute Gasteiger partial charge is 0.496 e. The zero-order chi connectivity index (χ0) is 19.6. The molecule has 8 nitrogen and oxygen atoms in total. The standard InChI is InChI=1S/C17H18FN3O5S/c1-26-15-4-3-13(27(24,25)21-11-6-12(22)7-11)8-14(15)17(23)20-16-5-2-10(18)9-19-16/h2-5,8-9,11-12,21-22H,6-7H2,1H3,(H,19,20,23)/t11-,12+. The lowest BCUT2D eigenvalue weighted by Gasteiger charge is -2.31. The molecule has 2 aromatic rings. The molecule has 3 rings (SSSR count). The molecular weight excluding hydrogens is 377 g/mol. The molecule has 27 heavy (non-hydrogen) atoms. The van der Waals surface area contributed by atoms with Gasteiger partial charge in [-0.25, -0.2) is 22.5 Å².